The summed E-state index contributed by atoms with van der Waals surface area (Å²) in [5, 5.41) is 2.59. The Morgan fingerprint density at radius 3 is 2.57 bits per heavy atom. The summed E-state index contributed by atoms with van der Waals surface area (Å²) in [6, 6.07) is 10.4. The molecule has 0 unspecified atom stereocenters. The maximum absolute atomic E-state index is 11.9. The number of ether oxygens (including phenoxy) is 1. The molecular formula is C16H12N4O3. The molecule has 1 N–H and O–H groups in total. The number of esters is 1. The summed E-state index contributed by atoms with van der Waals surface area (Å²) >= 11 is 0. The van der Waals surface area contributed by atoms with Crippen molar-refractivity contribution in [3.8, 4) is 0 Å². The lowest BCUT2D eigenvalue weighted by Gasteiger charge is -2.06. The van der Waals surface area contributed by atoms with Crippen molar-refractivity contribution in [3.63, 3.8) is 0 Å². The topological polar surface area (TPSA) is 94.1 Å². The van der Waals surface area contributed by atoms with Crippen molar-refractivity contribution in [3.05, 3.63) is 60.7 Å². The van der Waals surface area contributed by atoms with Crippen LogP contribution in [0.15, 0.2) is 55.0 Å². The third-order valence-electron chi connectivity index (χ3n) is 2.96. The lowest BCUT2D eigenvalue weighted by atomic mass is 10.3. The molecule has 0 spiro atoms. The van der Waals surface area contributed by atoms with E-state index in [1.807, 2.05) is 6.07 Å². The SMILES string of the molecule is O=C(COC(=O)c1cnc2ccccc2n1)Nc1ccncc1. The van der Waals surface area contributed by atoms with Crippen molar-refractivity contribution >= 4 is 28.6 Å². The van der Waals surface area contributed by atoms with Crippen molar-refractivity contribution in [2.24, 2.45) is 0 Å². The van der Waals surface area contributed by atoms with Gasteiger partial charge in [0.2, 0.25) is 0 Å². The van der Waals surface area contributed by atoms with Gasteiger partial charge in [-0.1, -0.05) is 12.1 Å². The Labute approximate surface area is 131 Å². The molecule has 1 aromatic carbocycles. The monoisotopic (exact) mass is 308 g/mol. The minimum Gasteiger partial charge on any atom is -0.451 e. The molecule has 0 aliphatic carbocycles. The molecule has 2 aromatic heterocycles. The van der Waals surface area contributed by atoms with Crippen molar-refractivity contribution in [2.75, 3.05) is 11.9 Å². The van der Waals surface area contributed by atoms with Crippen LogP contribution in [0, 0.1) is 0 Å². The fourth-order valence-electron chi connectivity index (χ4n) is 1.89. The lowest BCUT2D eigenvalue weighted by Crippen LogP contribution is -2.21. The molecule has 0 fully saturated rings. The van der Waals surface area contributed by atoms with Crippen LogP contribution in [0.1, 0.15) is 10.5 Å². The summed E-state index contributed by atoms with van der Waals surface area (Å²) < 4.78 is 4.94. The summed E-state index contributed by atoms with van der Waals surface area (Å²) in [6.45, 7) is -0.407. The maximum Gasteiger partial charge on any atom is 0.359 e. The van der Waals surface area contributed by atoms with Crippen LogP contribution < -0.4 is 5.32 Å². The van der Waals surface area contributed by atoms with Crippen LogP contribution in [-0.4, -0.2) is 33.4 Å². The molecule has 0 radical (unpaired) electrons. The number of para-hydroxylation sites is 2. The first-order chi connectivity index (χ1) is 11.2. The number of amides is 1. The Morgan fingerprint density at radius 1 is 1.04 bits per heavy atom. The normalized spacial score (nSPS) is 10.3. The zero-order chi connectivity index (χ0) is 16.1. The standard InChI is InChI=1S/C16H12N4O3/c21-15(19-11-5-7-17-8-6-11)10-23-16(22)14-9-18-12-3-1-2-4-13(12)20-14/h1-9H,10H2,(H,17,19,21). The Hall–Kier alpha value is -3.35. The van der Waals surface area contributed by atoms with Crippen LogP contribution in [-0.2, 0) is 9.53 Å². The van der Waals surface area contributed by atoms with Crippen molar-refractivity contribution in [2.45, 2.75) is 0 Å². The molecule has 2 heterocycles. The smallest absolute Gasteiger partial charge is 0.359 e. The number of carbonyl (C=O) groups is 2. The van der Waals surface area contributed by atoms with Gasteiger partial charge in [0, 0.05) is 18.1 Å². The van der Waals surface area contributed by atoms with E-state index in [1.54, 1.807) is 42.7 Å². The number of carbonyl (C=O) groups excluding carboxylic acids is 2. The third kappa shape index (κ3) is 3.65. The van der Waals surface area contributed by atoms with Crippen LogP contribution in [0.2, 0.25) is 0 Å². The summed E-state index contributed by atoms with van der Waals surface area (Å²) in [5.74, 6) is -1.15. The molecule has 0 aliphatic rings. The summed E-state index contributed by atoms with van der Waals surface area (Å²) in [6.07, 6.45) is 4.42. The average Bonchev–Trinajstić information content (AvgIpc) is 2.60. The second kappa shape index (κ2) is 6.61. The Morgan fingerprint density at radius 2 is 1.78 bits per heavy atom. The van der Waals surface area contributed by atoms with Crippen LogP contribution in [0.4, 0.5) is 5.69 Å². The van der Waals surface area contributed by atoms with E-state index in [0.717, 1.165) is 0 Å². The van der Waals surface area contributed by atoms with Gasteiger partial charge in [-0.2, -0.15) is 0 Å². The van der Waals surface area contributed by atoms with Crippen molar-refractivity contribution < 1.29 is 14.3 Å². The number of hydrogen-bond acceptors (Lipinski definition) is 6. The van der Waals surface area contributed by atoms with Gasteiger partial charge in [-0.25, -0.2) is 9.78 Å². The van der Waals surface area contributed by atoms with E-state index < -0.39 is 18.5 Å². The molecule has 0 saturated heterocycles. The predicted octanol–water partition coefficient (Wildman–Crippen LogP) is 1.82. The Balaban J connectivity index is 1.61. The van der Waals surface area contributed by atoms with Gasteiger partial charge >= 0.3 is 5.97 Å². The maximum atomic E-state index is 11.9. The first kappa shape index (κ1) is 14.6. The van der Waals surface area contributed by atoms with Crippen LogP contribution in [0.3, 0.4) is 0 Å². The molecule has 0 saturated carbocycles. The number of aromatic nitrogens is 3. The van der Waals surface area contributed by atoms with Gasteiger partial charge in [0.15, 0.2) is 12.3 Å². The molecule has 23 heavy (non-hydrogen) atoms. The molecule has 0 aliphatic heterocycles. The summed E-state index contributed by atoms with van der Waals surface area (Å²) in [5.41, 5.74) is 1.90. The Kier molecular flexibility index (Phi) is 4.19. The van der Waals surface area contributed by atoms with E-state index in [0.29, 0.717) is 16.7 Å². The summed E-state index contributed by atoms with van der Waals surface area (Å²) in [4.78, 5) is 35.8. The molecular weight excluding hydrogens is 296 g/mol. The third-order valence-corrected chi connectivity index (χ3v) is 2.96. The first-order valence-corrected chi connectivity index (χ1v) is 6.81. The van der Waals surface area contributed by atoms with Gasteiger partial charge in [0.25, 0.3) is 5.91 Å². The number of fused-ring (bicyclic) bond motifs is 1. The first-order valence-electron chi connectivity index (χ1n) is 6.81. The highest BCUT2D eigenvalue weighted by Crippen LogP contribution is 2.09. The zero-order valence-corrected chi connectivity index (χ0v) is 12.0. The minimum atomic E-state index is -0.701. The van der Waals surface area contributed by atoms with Gasteiger partial charge in [0.1, 0.15) is 0 Å². The van der Waals surface area contributed by atoms with Gasteiger partial charge in [-0.15, -0.1) is 0 Å². The van der Waals surface area contributed by atoms with Gasteiger partial charge in [0.05, 0.1) is 17.2 Å². The van der Waals surface area contributed by atoms with E-state index in [2.05, 4.69) is 20.3 Å². The molecule has 1 amide bonds. The number of nitrogens with zero attached hydrogens (tertiary/aromatic N) is 3. The van der Waals surface area contributed by atoms with E-state index in [9.17, 15) is 9.59 Å². The fraction of sp³-hybridized carbons (Fsp3) is 0.0625. The van der Waals surface area contributed by atoms with Gasteiger partial charge in [-0.3, -0.25) is 14.8 Å². The molecule has 0 atom stereocenters. The molecule has 114 valence electrons. The van der Waals surface area contributed by atoms with E-state index in [4.69, 9.17) is 4.74 Å². The van der Waals surface area contributed by atoms with Crippen LogP contribution in [0.5, 0.6) is 0 Å². The van der Waals surface area contributed by atoms with Crippen LogP contribution >= 0.6 is 0 Å². The van der Waals surface area contributed by atoms with E-state index in [1.165, 1.54) is 6.20 Å². The lowest BCUT2D eigenvalue weighted by molar-refractivity contribution is -0.119. The number of nitrogens with one attached hydrogen (secondary N) is 1. The molecule has 7 heteroatoms. The average molecular weight is 308 g/mol. The highest BCUT2D eigenvalue weighted by Gasteiger charge is 2.13. The molecule has 3 aromatic rings. The van der Waals surface area contributed by atoms with Crippen LogP contribution in [0.25, 0.3) is 11.0 Å². The highest BCUT2D eigenvalue weighted by molar-refractivity contribution is 5.95. The number of rotatable bonds is 4. The van der Waals surface area contributed by atoms with Crippen molar-refractivity contribution in [1.29, 1.82) is 0 Å². The molecule has 0 bridgehead atoms. The van der Waals surface area contributed by atoms with Crippen molar-refractivity contribution in [1.82, 2.24) is 15.0 Å². The number of pyridine rings is 1. The van der Waals surface area contributed by atoms with E-state index >= 15 is 0 Å². The largest absolute Gasteiger partial charge is 0.451 e. The second-order valence-electron chi connectivity index (χ2n) is 4.60. The van der Waals surface area contributed by atoms with Gasteiger partial charge < -0.3 is 10.1 Å². The molecule has 7 nitrogen and oxygen atoms in total. The zero-order valence-electron chi connectivity index (χ0n) is 12.0. The predicted molar refractivity (Wildman–Crippen MR) is 82.7 cm³/mol. The fourth-order valence-corrected chi connectivity index (χ4v) is 1.89. The number of anilines is 1. The van der Waals surface area contributed by atoms with E-state index in [-0.39, 0.29) is 5.69 Å². The summed E-state index contributed by atoms with van der Waals surface area (Å²) in [7, 11) is 0. The quantitative estimate of drug-likeness (QED) is 0.739. The minimum absolute atomic E-state index is 0.0559. The number of benzene rings is 1. The number of hydrogen-bond donors (Lipinski definition) is 1. The molecule has 3 rings (SSSR count). The second-order valence-corrected chi connectivity index (χ2v) is 4.60. The van der Waals surface area contributed by atoms with Gasteiger partial charge in [-0.05, 0) is 24.3 Å². The highest BCUT2D eigenvalue weighted by atomic mass is 16.5. The Bertz CT molecular complexity index is 852.